The van der Waals surface area contributed by atoms with Crippen molar-refractivity contribution >= 4 is 5.97 Å². The van der Waals surface area contributed by atoms with Crippen molar-refractivity contribution in [1.29, 1.82) is 0 Å². The molecule has 0 bridgehead atoms. The van der Waals surface area contributed by atoms with Crippen molar-refractivity contribution < 1.29 is 18.3 Å². The monoisotopic (exact) mass is 269 g/mol. The van der Waals surface area contributed by atoms with Crippen LogP contribution in [0, 0.1) is 11.6 Å². The standard InChI is InChI=1S/C14H17F2NO2/c1-14(2,3)19-13(18)11-6-9-8(7-17-11)4-5-10(15)12(9)16/h4-5,11,17H,6-7H2,1-3H3. The molecule has 0 radical (unpaired) electrons. The summed E-state index contributed by atoms with van der Waals surface area (Å²) < 4.78 is 32.1. The van der Waals surface area contributed by atoms with Crippen molar-refractivity contribution in [2.24, 2.45) is 0 Å². The van der Waals surface area contributed by atoms with E-state index in [2.05, 4.69) is 5.32 Å². The summed E-state index contributed by atoms with van der Waals surface area (Å²) in [7, 11) is 0. The molecule has 0 fully saturated rings. The number of ether oxygens (including phenoxy) is 1. The Morgan fingerprint density at radius 3 is 2.68 bits per heavy atom. The number of carbonyl (C=O) groups excluding carboxylic acids is 1. The first-order valence-electron chi connectivity index (χ1n) is 6.20. The van der Waals surface area contributed by atoms with Gasteiger partial charge in [0.15, 0.2) is 11.6 Å². The summed E-state index contributed by atoms with van der Waals surface area (Å²) >= 11 is 0. The molecule has 2 rings (SSSR count). The fourth-order valence-corrected chi connectivity index (χ4v) is 2.07. The maximum absolute atomic E-state index is 13.7. The molecule has 3 nitrogen and oxygen atoms in total. The minimum absolute atomic E-state index is 0.105. The van der Waals surface area contributed by atoms with Gasteiger partial charge < -0.3 is 10.1 Å². The number of halogens is 2. The Morgan fingerprint density at radius 2 is 2.05 bits per heavy atom. The smallest absolute Gasteiger partial charge is 0.324 e. The Morgan fingerprint density at radius 1 is 1.37 bits per heavy atom. The van der Waals surface area contributed by atoms with E-state index in [9.17, 15) is 13.6 Å². The van der Waals surface area contributed by atoms with Crippen LogP contribution in [0.2, 0.25) is 0 Å². The number of fused-ring (bicyclic) bond motifs is 1. The van der Waals surface area contributed by atoms with Crippen LogP contribution >= 0.6 is 0 Å². The van der Waals surface area contributed by atoms with Gasteiger partial charge in [-0.3, -0.25) is 4.79 Å². The fourth-order valence-electron chi connectivity index (χ4n) is 2.07. The molecule has 1 aliphatic heterocycles. The maximum Gasteiger partial charge on any atom is 0.324 e. The fraction of sp³-hybridized carbons (Fsp3) is 0.500. The van der Waals surface area contributed by atoms with Gasteiger partial charge in [0, 0.05) is 13.0 Å². The Hall–Kier alpha value is -1.49. The highest BCUT2D eigenvalue weighted by Crippen LogP contribution is 2.23. The first-order chi connectivity index (χ1) is 8.78. The number of hydrogen-bond acceptors (Lipinski definition) is 3. The van der Waals surface area contributed by atoms with Crippen LogP contribution in [0.1, 0.15) is 31.9 Å². The largest absolute Gasteiger partial charge is 0.459 e. The lowest BCUT2D eigenvalue weighted by Gasteiger charge is -2.28. The van der Waals surface area contributed by atoms with Gasteiger partial charge in [0.1, 0.15) is 11.6 Å². The Kier molecular flexibility index (Phi) is 3.58. The van der Waals surface area contributed by atoms with Gasteiger partial charge >= 0.3 is 5.97 Å². The summed E-state index contributed by atoms with van der Waals surface area (Å²) in [6.45, 7) is 5.63. The Labute approximate surface area is 111 Å². The molecule has 0 amide bonds. The van der Waals surface area contributed by atoms with E-state index in [0.717, 1.165) is 6.07 Å². The Bertz CT molecular complexity index is 509. The van der Waals surface area contributed by atoms with Crippen molar-refractivity contribution in [3.05, 3.63) is 34.9 Å². The Balaban J connectivity index is 2.18. The zero-order chi connectivity index (χ0) is 14.2. The highest BCUT2D eigenvalue weighted by atomic mass is 19.2. The minimum Gasteiger partial charge on any atom is -0.459 e. The molecule has 1 aromatic rings. The van der Waals surface area contributed by atoms with E-state index in [-0.39, 0.29) is 12.0 Å². The van der Waals surface area contributed by atoms with Crippen LogP contribution in [-0.2, 0) is 22.5 Å². The van der Waals surface area contributed by atoms with Crippen LogP contribution in [-0.4, -0.2) is 17.6 Å². The van der Waals surface area contributed by atoms with Crippen LogP contribution in [0.4, 0.5) is 8.78 Å². The summed E-state index contributed by atoms with van der Waals surface area (Å²) in [6.07, 6.45) is 0.105. The zero-order valence-electron chi connectivity index (χ0n) is 11.2. The van der Waals surface area contributed by atoms with Crippen molar-refractivity contribution in [3.63, 3.8) is 0 Å². The molecule has 0 saturated heterocycles. The van der Waals surface area contributed by atoms with Gasteiger partial charge in [0.25, 0.3) is 0 Å². The summed E-state index contributed by atoms with van der Waals surface area (Å²) in [6, 6.07) is 2.00. The van der Waals surface area contributed by atoms with E-state index in [1.807, 2.05) is 0 Å². The molecule has 0 aliphatic carbocycles. The molecule has 0 aromatic heterocycles. The predicted octanol–water partition coefficient (Wildman–Crippen LogP) is 2.32. The first kappa shape index (κ1) is 13.9. The van der Waals surface area contributed by atoms with E-state index in [1.165, 1.54) is 6.07 Å². The van der Waals surface area contributed by atoms with Crippen molar-refractivity contribution in [3.8, 4) is 0 Å². The number of benzene rings is 1. The van der Waals surface area contributed by atoms with Crippen molar-refractivity contribution in [2.45, 2.75) is 45.4 Å². The van der Waals surface area contributed by atoms with Gasteiger partial charge in [0.2, 0.25) is 0 Å². The summed E-state index contributed by atoms with van der Waals surface area (Å²) in [5.41, 5.74) is 0.341. The van der Waals surface area contributed by atoms with Crippen LogP contribution in [0.5, 0.6) is 0 Å². The van der Waals surface area contributed by atoms with Gasteiger partial charge in [-0.25, -0.2) is 8.78 Å². The molecule has 0 spiro atoms. The topological polar surface area (TPSA) is 38.3 Å². The molecule has 5 heteroatoms. The third kappa shape index (κ3) is 3.10. The molecule has 1 unspecified atom stereocenters. The molecular weight excluding hydrogens is 252 g/mol. The van der Waals surface area contributed by atoms with Crippen LogP contribution < -0.4 is 5.32 Å². The summed E-state index contributed by atoms with van der Waals surface area (Å²) in [4.78, 5) is 11.9. The van der Waals surface area contributed by atoms with Gasteiger partial charge in [-0.2, -0.15) is 0 Å². The predicted molar refractivity (Wildman–Crippen MR) is 66.5 cm³/mol. The van der Waals surface area contributed by atoms with Crippen molar-refractivity contribution in [1.82, 2.24) is 5.32 Å². The van der Waals surface area contributed by atoms with Crippen LogP contribution in [0.15, 0.2) is 12.1 Å². The first-order valence-corrected chi connectivity index (χ1v) is 6.20. The average molecular weight is 269 g/mol. The average Bonchev–Trinajstić information content (AvgIpc) is 2.31. The molecule has 1 aliphatic rings. The highest BCUT2D eigenvalue weighted by molar-refractivity contribution is 5.77. The highest BCUT2D eigenvalue weighted by Gasteiger charge is 2.30. The van der Waals surface area contributed by atoms with E-state index >= 15 is 0 Å². The molecule has 1 aromatic carbocycles. The number of nitrogens with one attached hydrogen (secondary N) is 1. The number of carbonyl (C=O) groups is 1. The molecule has 1 heterocycles. The lowest BCUT2D eigenvalue weighted by molar-refractivity contribution is -0.157. The third-order valence-corrected chi connectivity index (χ3v) is 2.93. The zero-order valence-corrected chi connectivity index (χ0v) is 11.2. The van der Waals surface area contributed by atoms with Crippen LogP contribution in [0.25, 0.3) is 0 Å². The molecule has 19 heavy (non-hydrogen) atoms. The SMILES string of the molecule is CC(C)(C)OC(=O)C1Cc2c(ccc(F)c2F)CN1. The van der Waals surface area contributed by atoms with E-state index in [4.69, 9.17) is 4.74 Å². The van der Waals surface area contributed by atoms with E-state index in [1.54, 1.807) is 20.8 Å². The molecule has 1 N–H and O–H groups in total. The summed E-state index contributed by atoms with van der Waals surface area (Å²) in [5, 5.41) is 2.98. The lowest BCUT2D eigenvalue weighted by Crippen LogP contribution is -2.45. The molecular formula is C14H17F2NO2. The molecule has 104 valence electrons. The lowest BCUT2D eigenvalue weighted by atomic mass is 9.95. The second kappa shape index (κ2) is 4.89. The van der Waals surface area contributed by atoms with Crippen LogP contribution in [0.3, 0.4) is 0 Å². The molecule has 1 atom stereocenters. The van der Waals surface area contributed by atoms with Gasteiger partial charge in [-0.15, -0.1) is 0 Å². The number of hydrogen-bond donors (Lipinski definition) is 1. The number of rotatable bonds is 1. The van der Waals surface area contributed by atoms with E-state index in [0.29, 0.717) is 12.1 Å². The minimum atomic E-state index is -0.886. The normalized spacial score (nSPS) is 18.9. The van der Waals surface area contributed by atoms with Gasteiger partial charge in [-0.05, 0) is 38.0 Å². The van der Waals surface area contributed by atoms with E-state index < -0.39 is 29.2 Å². The van der Waals surface area contributed by atoms with Crippen molar-refractivity contribution in [2.75, 3.05) is 0 Å². The van der Waals surface area contributed by atoms with Gasteiger partial charge in [0.05, 0.1) is 0 Å². The number of esters is 1. The second-order valence-electron chi connectivity index (χ2n) is 5.67. The molecule has 0 saturated carbocycles. The van der Waals surface area contributed by atoms with Gasteiger partial charge in [-0.1, -0.05) is 6.07 Å². The second-order valence-corrected chi connectivity index (χ2v) is 5.67. The quantitative estimate of drug-likeness (QED) is 0.795. The third-order valence-electron chi connectivity index (χ3n) is 2.93. The summed E-state index contributed by atoms with van der Waals surface area (Å²) in [5.74, 6) is -2.20. The maximum atomic E-state index is 13.7.